The van der Waals surface area contributed by atoms with Crippen molar-refractivity contribution in [1.82, 2.24) is 4.98 Å². The number of carboxylic acid groups (broad SMARTS) is 1. The predicted octanol–water partition coefficient (Wildman–Crippen LogP) is 0.149. The summed E-state index contributed by atoms with van der Waals surface area (Å²) in [6, 6.07) is 1.24. The lowest BCUT2D eigenvalue weighted by Gasteiger charge is -2.04. The molecule has 0 fully saturated rings. The Bertz CT molecular complexity index is 389. The van der Waals surface area contributed by atoms with Crippen LogP contribution < -0.4 is 5.73 Å². The molecule has 0 aliphatic heterocycles. The fraction of sp³-hybridized carbons (Fsp3) is 0.125. The monoisotopic (exact) mass is 196 g/mol. The molecule has 0 bridgehead atoms. The number of carbonyl (C=O) groups is 2. The van der Waals surface area contributed by atoms with Gasteiger partial charge in [-0.2, -0.15) is 0 Å². The summed E-state index contributed by atoms with van der Waals surface area (Å²) >= 11 is 0. The number of methoxy groups -OCH3 is 1. The lowest BCUT2D eigenvalue weighted by Crippen LogP contribution is -2.13. The molecule has 0 atom stereocenters. The minimum atomic E-state index is -1.31. The highest BCUT2D eigenvalue weighted by atomic mass is 16.5. The Balaban J connectivity index is 3.35. The molecule has 74 valence electrons. The lowest BCUT2D eigenvalue weighted by molar-refractivity contribution is 0.0583. The first-order chi connectivity index (χ1) is 6.57. The standard InChI is InChI=1S/C8H8N2O4/c1-14-8(13)4-2-3-10-6(9)5(4)7(11)12/h2-3H,1H3,(H2,9,10)(H,11,12). The van der Waals surface area contributed by atoms with Crippen LogP contribution >= 0.6 is 0 Å². The summed E-state index contributed by atoms with van der Waals surface area (Å²) in [7, 11) is 1.16. The van der Waals surface area contributed by atoms with Crippen LogP contribution in [0, 0.1) is 0 Å². The summed E-state index contributed by atoms with van der Waals surface area (Å²) < 4.78 is 4.40. The zero-order valence-corrected chi connectivity index (χ0v) is 7.35. The van der Waals surface area contributed by atoms with Gasteiger partial charge >= 0.3 is 11.9 Å². The predicted molar refractivity (Wildman–Crippen MR) is 46.9 cm³/mol. The van der Waals surface area contributed by atoms with Crippen LogP contribution in [-0.2, 0) is 4.74 Å². The minimum Gasteiger partial charge on any atom is -0.478 e. The number of nitrogens with zero attached hydrogens (tertiary/aromatic N) is 1. The van der Waals surface area contributed by atoms with Crippen LogP contribution in [0.4, 0.5) is 5.82 Å². The fourth-order valence-corrected chi connectivity index (χ4v) is 0.983. The molecule has 1 aromatic rings. The van der Waals surface area contributed by atoms with Gasteiger partial charge in [0.25, 0.3) is 0 Å². The van der Waals surface area contributed by atoms with E-state index in [1.54, 1.807) is 0 Å². The number of hydrogen-bond donors (Lipinski definition) is 2. The number of hydrogen-bond acceptors (Lipinski definition) is 5. The number of carbonyl (C=O) groups excluding carboxylic acids is 1. The highest BCUT2D eigenvalue weighted by molar-refractivity contribution is 6.05. The second kappa shape index (κ2) is 3.73. The fourth-order valence-electron chi connectivity index (χ4n) is 0.983. The second-order valence-corrected chi connectivity index (χ2v) is 2.42. The van der Waals surface area contributed by atoms with Crippen LogP contribution in [0.2, 0.25) is 0 Å². The maximum absolute atomic E-state index is 11.1. The number of pyridine rings is 1. The van der Waals surface area contributed by atoms with Gasteiger partial charge in [-0.1, -0.05) is 0 Å². The van der Waals surface area contributed by atoms with Crippen LogP contribution in [0.3, 0.4) is 0 Å². The minimum absolute atomic E-state index is 0.104. The Morgan fingerprint density at radius 2 is 2.21 bits per heavy atom. The van der Waals surface area contributed by atoms with Gasteiger partial charge in [0.2, 0.25) is 0 Å². The number of ether oxygens (including phenoxy) is 1. The first-order valence-electron chi connectivity index (χ1n) is 3.64. The molecular formula is C8H8N2O4. The number of nitrogens with two attached hydrogens (primary N) is 1. The van der Waals surface area contributed by atoms with Crippen LogP contribution in [0.5, 0.6) is 0 Å². The molecule has 0 saturated carbocycles. The molecule has 0 unspecified atom stereocenters. The molecule has 1 heterocycles. The van der Waals surface area contributed by atoms with Gasteiger partial charge in [-0.15, -0.1) is 0 Å². The van der Waals surface area contributed by atoms with E-state index < -0.39 is 11.9 Å². The number of rotatable bonds is 2. The van der Waals surface area contributed by atoms with Crippen molar-refractivity contribution in [3.8, 4) is 0 Å². The van der Waals surface area contributed by atoms with Crippen LogP contribution in [-0.4, -0.2) is 29.1 Å². The maximum atomic E-state index is 11.1. The molecule has 0 aromatic carbocycles. The van der Waals surface area contributed by atoms with E-state index in [-0.39, 0.29) is 16.9 Å². The smallest absolute Gasteiger partial charge is 0.340 e. The summed E-state index contributed by atoms with van der Waals surface area (Å²) in [5.41, 5.74) is 4.88. The van der Waals surface area contributed by atoms with Crippen molar-refractivity contribution in [2.24, 2.45) is 0 Å². The number of aromatic carboxylic acids is 1. The molecule has 0 aliphatic rings. The third-order valence-corrected chi connectivity index (χ3v) is 1.60. The highest BCUT2D eigenvalue weighted by Gasteiger charge is 2.20. The van der Waals surface area contributed by atoms with Gasteiger partial charge in [0, 0.05) is 6.20 Å². The van der Waals surface area contributed by atoms with Gasteiger partial charge in [-0.05, 0) is 6.07 Å². The van der Waals surface area contributed by atoms with Gasteiger partial charge in [-0.25, -0.2) is 14.6 Å². The lowest BCUT2D eigenvalue weighted by atomic mass is 10.1. The molecule has 0 aliphatic carbocycles. The van der Waals surface area contributed by atoms with E-state index in [0.717, 1.165) is 7.11 Å². The third kappa shape index (κ3) is 1.63. The Morgan fingerprint density at radius 3 is 2.71 bits per heavy atom. The average Bonchev–Trinajstić information content (AvgIpc) is 2.15. The van der Waals surface area contributed by atoms with Crippen molar-refractivity contribution in [2.45, 2.75) is 0 Å². The highest BCUT2D eigenvalue weighted by Crippen LogP contribution is 2.15. The van der Waals surface area contributed by atoms with Crippen molar-refractivity contribution in [3.05, 3.63) is 23.4 Å². The molecule has 6 nitrogen and oxygen atoms in total. The largest absolute Gasteiger partial charge is 0.478 e. The van der Waals surface area contributed by atoms with Gasteiger partial charge < -0.3 is 15.6 Å². The van der Waals surface area contributed by atoms with E-state index in [1.807, 2.05) is 0 Å². The van der Waals surface area contributed by atoms with E-state index in [0.29, 0.717) is 0 Å². The summed E-state index contributed by atoms with van der Waals surface area (Å²) in [5, 5.41) is 8.76. The zero-order chi connectivity index (χ0) is 10.7. The molecule has 0 amide bonds. The topological polar surface area (TPSA) is 103 Å². The second-order valence-electron chi connectivity index (χ2n) is 2.42. The van der Waals surface area contributed by atoms with Crippen molar-refractivity contribution >= 4 is 17.8 Å². The molecule has 0 spiro atoms. The quantitative estimate of drug-likeness (QED) is 0.652. The molecule has 14 heavy (non-hydrogen) atoms. The average molecular weight is 196 g/mol. The summed E-state index contributed by atoms with van der Waals surface area (Å²) in [6.07, 6.45) is 1.24. The van der Waals surface area contributed by atoms with Gasteiger partial charge in [0.1, 0.15) is 11.4 Å². The molecular weight excluding hydrogens is 188 g/mol. The number of aromatic nitrogens is 1. The molecule has 6 heteroatoms. The Kier molecular flexibility index (Phi) is 2.66. The first-order valence-corrected chi connectivity index (χ1v) is 3.64. The summed E-state index contributed by atoms with van der Waals surface area (Å²) in [4.78, 5) is 25.4. The Morgan fingerprint density at radius 1 is 1.57 bits per heavy atom. The SMILES string of the molecule is COC(=O)c1ccnc(N)c1C(=O)O. The third-order valence-electron chi connectivity index (χ3n) is 1.60. The van der Waals surface area contributed by atoms with E-state index in [9.17, 15) is 9.59 Å². The van der Waals surface area contributed by atoms with Gasteiger partial charge in [0.15, 0.2) is 0 Å². The number of carboxylic acids is 1. The Hall–Kier alpha value is -2.11. The molecule has 0 radical (unpaired) electrons. The summed E-state index contributed by atoms with van der Waals surface area (Å²) in [5.74, 6) is -2.27. The first kappa shape index (κ1) is 9.97. The molecule has 1 rings (SSSR count). The normalized spacial score (nSPS) is 9.50. The van der Waals surface area contributed by atoms with Crippen molar-refractivity contribution in [2.75, 3.05) is 12.8 Å². The van der Waals surface area contributed by atoms with Gasteiger partial charge in [0.05, 0.1) is 12.7 Å². The van der Waals surface area contributed by atoms with E-state index in [4.69, 9.17) is 10.8 Å². The van der Waals surface area contributed by atoms with E-state index >= 15 is 0 Å². The number of esters is 1. The van der Waals surface area contributed by atoms with E-state index in [1.165, 1.54) is 12.3 Å². The van der Waals surface area contributed by atoms with Crippen molar-refractivity contribution < 1.29 is 19.4 Å². The maximum Gasteiger partial charge on any atom is 0.340 e. The summed E-state index contributed by atoms with van der Waals surface area (Å²) in [6.45, 7) is 0. The van der Waals surface area contributed by atoms with Crippen molar-refractivity contribution in [3.63, 3.8) is 0 Å². The molecule has 3 N–H and O–H groups in total. The molecule has 1 aromatic heterocycles. The van der Waals surface area contributed by atoms with Gasteiger partial charge in [-0.3, -0.25) is 0 Å². The van der Waals surface area contributed by atoms with Crippen LogP contribution in [0.25, 0.3) is 0 Å². The zero-order valence-electron chi connectivity index (χ0n) is 7.35. The van der Waals surface area contributed by atoms with Crippen LogP contribution in [0.1, 0.15) is 20.7 Å². The molecule has 0 saturated heterocycles. The van der Waals surface area contributed by atoms with Crippen LogP contribution in [0.15, 0.2) is 12.3 Å². The number of anilines is 1. The van der Waals surface area contributed by atoms with Crippen molar-refractivity contribution in [1.29, 1.82) is 0 Å². The number of nitrogen functional groups attached to an aromatic ring is 1. The van der Waals surface area contributed by atoms with E-state index in [2.05, 4.69) is 9.72 Å². The Labute approximate surface area is 79.3 Å².